The van der Waals surface area contributed by atoms with Crippen LogP contribution in [0.4, 0.5) is 17.3 Å². The maximum Gasteiger partial charge on any atom is 0.278 e. The van der Waals surface area contributed by atoms with E-state index in [0.717, 1.165) is 43.7 Å². The first-order chi connectivity index (χ1) is 19.0. The van der Waals surface area contributed by atoms with E-state index in [4.69, 9.17) is 9.72 Å². The van der Waals surface area contributed by atoms with Crippen molar-refractivity contribution in [1.82, 2.24) is 24.2 Å². The molecule has 198 valence electrons. The molecule has 0 unspecified atom stereocenters. The van der Waals surface area contributed by atoms with E-state index in [1.165, 1.54) is 11.1 Å². The van der Waals surface area contributed by atoms with E-state index in [2.05, 4.69) is 40.5 Å². The summed E-state index contributed by atoms with van der Waals surface area (Å²) >= 11 is 0. The summed E-state index contributed by atoms with van der Waals surface area (Å²) in [5.41, 5.74) is 5.33. The van der Waals surface area contributed by atoms with Crippen LogP contribution in [0, 0.1) is 0 Å². The van der Waals surface area contributed by atoms with Crippen molar-refractivity contribution in [1.29, 1.82) is 0 Å². The second-order valence-corrected chi connectivity index (χ2v) is 10.3. The molecule has 5 heterocycles. The molecule has 10 nitrogen and oxygen atoms in total. The molecule has 1 N–H and O–H groups in total. The highest BCUT2D eigenvalue weighted by atomic mass is 16.5. The van der Waals surface area contributed by atoms with Crippen LogP contribution in [0.2, 0.25) is 0 Å². The number of anilines is 3. The fraction of sp³-hybridized carbons (Fsp3) is 0.310. The number of allylic oxidation sites excluding steroid dienone is 2. The van der Waals surface area contributed by atoms with E-state index < -0.39 is 0 Å². The maximum absolute atomic E-state index is 13.5. The summed E-state index contributed by atoms with van der Waals surface area (Å²) in [7, 11) is 2.14. The summed E-state index contributed by atoms with van der Waals surface area (Å²) in [5, 5.41) is 3.77. The van der Waals surface area contributed by atoms with Gasteiger partial charge < -0.3 is 19.9 Å². The normalized spacial score (nSPS) is 17.2. The Bertz CT molecular complexity index is 1700. The molecule has 0 atom stereocenters. The van der Waals surface area contributed by atoms with Gasteiger partial charge in [-0.25, -0.2) is 14.3 Å². The zero-order valence-electron chi connectivity index (χ0n) is 21.8. The molecule has 0 fully saturated rings. The van der Waals surface area contributed by atoms with Gasteiger partial charge in [0.2, 0.25) is 5.95 Å². The van der Waals surface area contributed by atoms with Crippen molar-refractivity contribution in [3.8, 4) is 11.4 Å². The molecule has 3 aliphatic rings. The van der Waals surface area contributed by atoms with E-state index in [0.29, 0.717) is 41.5 Å². The van der Waals surface area contributed by atoms with Crippen molar-refractivity contribution in [2.45, 2.75) is 32.4 Å². The van der Waals surface area contributed by atoms with Gasteiger partial charge in [0.25, 0.3) is 11.5 Å². The van der Waals surface area contributed by atoms with E-state index in [-0.39, 0.29) is 18.1 Å². The zero-order chi connectivity index (χ0) is 26.5. The molecule has 0 saturated heterocycles. The Hall–Kier alpha value is -4.44. The SMILES string of the molecule is CN1CCc2cc(Nc3ncc4c(=O)n5n(c4n3)-c3ccc4c(c3)N(CCCC=CC5)C(=O)CO4)ccc2C1. The number of amides is 1. The average molecular weight is 524 g/mol. The van der Waals surface area contributed by atoms with E-state index in [1.54, 1.807) is 15.8 Å². The molecule has 4 aromatic rings. The van der Waals surface area contributed by atoms with Gasteiger partial charge in [-0.3, -0.25) is 9.59 Å². The number of rotatable bonds is 2. The quantitative estimate of drug-likeness (QED) is 0.402. The number of nitrogens with zero attached hydrogens (tertiary/aromatic N) is 6. The van der Waals surface area contributed by atoms with Crippen molar-refractivity contribution in [3.05, 3.63) is 76.2 Å². The van der Waals surface area contributed by atoms with Gasteiger partial charge in [-0.05, 0) is 67.8 Å². The van der Waals surface area contributed by atoms with Crippen molar-refractivity contribution in [2.75, 3.05) is 37.0 Å². The molecule has 7 rings (SSSR count). The number of benzene rings is 2. The lowest BCUT2D eigenvalue weighted by Gasteiger charge is -2.30. The molecule has 0 spiro atoms. The highest BCUT2D eigenvalue weighted by molar-refractivity contribution is 5.98. The van der Waals surface area contributed by atoms with Gasteiger partial charge >= 0.3 is 0 Å². The van der Waals surface area contributed by atoms with Crippen LogP contribution >= 0.6 is 0 Å². The zero-order valence-corrected chi connectivity index (χ0v) is 21.8. The molecule has 2 bridgehead atoms. The lowest BCUT2D eigenvalue weighted by molar-refractivity contribution is -0.121. The van der Waals surface area contributed by atoms with Crippen molar-refractivity contribution in [2.24, 2.45) is 0 Å². The Morgan fingerprint density at radius 2 is 1.95 bits per heavy atom. The van der Waals surface area contributed by atoms with Crippen LogP contribution in [0.15, 0.2) is 59.5 Å². The predicted molar refractivity (Wildman–Crippen MR) is 149 cm³/mol. The first-order valence-electron chi connectivity index (χ1n) is 13.3. The van der Waals surface area contributed by atoms with Crippen LogP contribution < -0.4 is 20.5 Å². The lowest BCUT2D eigenvalue weighted by atomic mass is 9.99. The van der Waals surface area contributed by atoms with Gasteiger partial charge in [-0.1, -0.05) is 18.2 Å². The minimum Gasteiger partial charge on any atom is -0.482 e. The second-order valence-electron chi connectivity index (χ2n) is 10.3. The van der Waals surface area contributed by atoms with Crippen LogP contribution in [0.25, 0.3) is 16.7 Å². The van der Waals surface area contributed by atoms with Crippen molar-refractivity contribution >= 4 is 34.3 Å². The molecule has 0 aliphatic carbocycles. The summed E-state index contributed by atoms with van der Waals surface area (Å²) in [6, 6.07) is 12.0. The highest BCUT2D eigenvalue weighted by Crippen LogP contribution is 2.35. The van der Waals surface area contributed by atoms with Gasteiger partial charge in [0.15, 0.2) is 12.3 Å². The first-order valence-corrected chi connectivity index (χ1v) is 13.3. The number of carbonyl (C=O) groups excluding carboxylic acids is 1. The van der Waals surface area contributed by atoms with Gasteiger partial charge in [-0.15, -0.1) is 0 Å². The number of likely N-dealkylation sites (N-methyl/N-ethyl adjacent to an activating group) is 1. The highest BCUT2D eigenvalue weighted by Gasteiger charge is 2.27. The van der Waals surface area contributed by atoms with E-state index in [9.17, 15) is 9.59 Å². The number of hydrogen-bond donors (Lipinski definition) is 1. The van der Waals surface area contributed by atoms with Crippen LogP contribution in [0.5, 0.6) is 5.75 Å². The summed E-state index contributed by atoms with van der Waals surface area (Å²) in [6.07, 6.45) is 8.27. The standard InChI is InChI=1S/C29H29N7O3/c1-33-13-10-19-14-21(7-6-20(19)17-33)31-29-30-16-23-27(32-29)36-22-8-9-25-24(15-22)34(26(37)18-39-25)11-4-2-3-5-12-35(36)28(23)38/h3,5-9,14-16H,2,4,10-13,17-18H2,1H3,(H,30,31,32). The lowest BCUT2D eigenvalue weighted by Crippen LogP contribution is -2.39. The third-order valence-electron chi connectivity index (χ3n) is 7.67. The van der Waals surface area contributed by atoms with Crippen LogP contribution in [0.1, 0.15) is 24.0 Å². The Balaban J connectivity index is 1.34. The minimum absolute atomic E-state index is 0.0288. The molecule has 1 amide bonds. The summed E-state index contributed by atoms with van der Waals surface area (Å²) in [5.74, 6) is 1.00. The number of ether oxygens (including phenoxy) is 1. The number of aromatic nitrogens is 4. The van der Waals surface area contributed by atoms with Gasteiger partial charge in [0.1, 0.15) is 11.1 Å². The molecule has 2 aromatic heterocycles. The second kappa shape index (κ2) is 9.39. The first kappa shape index (κ1) is 23.7. The van der Waals surface area contributed by atoms with Crippen molar-refractivity contribution < 1.29 is 9.53 Å². The molecular weight excluding hydrogens is 494 g/mol. The Morgan fingerprint density at radius 3 is 2.87 bits per heavy atom. The van der Waals surface area contributed by atoms with Crippen molar-refractivity contribution in [3.63, 3.8) is 0 Å². The molecule has 3 aliphatic heterocycles. The number of carbonyl (C=O) groups is 1. The minimum atomic E-state index is -0.168. The van der Waals surface area contributed by atoms with Crippen LogP contribution in [0.3, 0.4) is 0 Å². The number of hydrogen-bond acceptors (Lipinski definition) is 7. The maximum atomic E-state index is 13.5. The molecule has 0 radical (unpaired) electrons. The topological polar surface area (TPSA) is 97.5 Å². The Labute approximate surface area is 225 Å². The molecule has 10 heteroatoms. The van der Waals surface area contributed by atoms with Crippen LogP contribution in [-0.2, 0) is 24.3 Å². The van der Waals surface area contributed by atoms with Crippen LogP contribution in [-0.4, -0.2) is 56.9 Å². The summed E-state index contributed by atoms with van der Waals surface area (Å²) in [6.45, 7) is 3.01. The van der Waals surface area contributed by atoms with Gasteiger partial charge in [-0.2, -0.15) is 4.98 Å². The summed E-state index contributed by atoms with van der Waals surface area (Å²) < 4.78 is 9.19. The fourth-order valence-corrected chi connectivity index (χ4v) is 5.64. The monoisotopic (exact) mass is 523 g/mol. The van der Waals surface area contributed by atoms with E-state index in [1.807, 2.05) is 35.0 Å². The smallest absolute Gasteiger partial charge is 0.278 e. The van der Waals surface area contributed by atoms with E-state index >= 15 is 0 Å². The predicted octanol–water partition coefficient (Wildman–Crippen LogP) is 3.39. The number of nitrogens with one attached hydrogen (secondary N) is 1. The average Bonchev–Trinajstić information content (AvgIpc) is 3.21. The molecule has 39 heavy (non-hydrogen) atoms. The third kappa shape index (κ3) is 4.17. The molecule has 0 saturated carbocycles. The number of fused-ring (bicyclic) bond motifs is 6. The molecular formula is C29H29N7O3. The Kier molecular flexibility index (Phi) is 5.70. The fourth-order valence-electron chi connectivity index (χ4n) is 5.64. The largest absolute Gasteiger partial charge is 0.482 e. The molecule has 2 aromatic carbocycles. The third-order valence-corrected chi connectivity index (χ3v) is 7.67. The van der Waals surface area contributed by atoms with Gasteiger partial charge in [0, 0.05) is 31.5 Å². The van der Waals surface area contributed by atoms with Gasteiger partial charge in [0.05, 0.1) is 17.9 Å². The summed E-state index contributed by atoms with van der Waals surface area (Å²) in [4.78, 5) is 39.6. The Morgan fingerprint density at radius 1 is 1.03 bits per heavy atom.